The van der Waals surface area contributed by atoms with Gasteiger partial charge in [0, 0.05) is 25.2 Å². The van der Waals surface area contributed by atoms with E-state index in [0.717, 1.165) is 25.9 Å². The Hall–Kier alpha value is -0.610. The molecule has 1 aliphatic heterocycles. The summed E-state index contributed by atoms with van der Waals surface area (Å²) in [5.74, 6) is -0.230. The van der Waals surface area contributed by atoms with E-state index in [0.29, 0.717) is 18.0 Å². The molecule has 1 saturated carbocycles. The number of likely N-dealkylation sites (N-methyl/N-ethyl adjacent to an activating group) is 1. The smallest absolute Gasteiger partial charge is 0.321 e. The maximum absolute atomic E-state index is 11.3. The van der Waals surface area contributed by atoms with E-state index in [-0.39, 0.29) is 6.04 Å². The topological polar surface area (TPSA) is 43.8 Å². The number of piperazine rings is 1. The molecule has 0 radical (unpaired) electrons. The molecule has 0 aromatic rings. The van der Waals surface area contributed by atoms with Crippen LogP contribution in [-0.4, -0.2) is 59.1 Å². The molecule has 3 atom stereocenters. The summed E-state index contributed by atoms with van der Waals surface area (Å²) >= 11 is 0. The Labute approximate surface area is 97.2 Å². The molecular formula is C12H22N2O2. The summed E-state index contributed by atoms with van der Waals surface area (Å²) in [5.41, 5.74) is 0. The van der Waals surface area contributed by atoms with Crippen LogP contribution >= 0.6 is 0 Å². The lowest BCUT2D eigenvalue weighted by Crippen LogP contribution is -2.59. The zero-order valence-electron chi connectivity index (χ0n) is 10.4. The number of carboxylic acid groups (broad SMARTS) is 1. The molecule has 0 amide bonds. The number of carboxylic acids is 1. The molecule has 2 fully saturated rings. The molecule has 1 saturated heterocycles. The number of nitrogens with zero attached hydrogens (tertiary/aromatic N) is 2. The SMILES string of the molecule is CC1CN(C(C(=O)O)C2CC2)CC(C)N1C. The average Bonchev–Trinajstić information content (AvgIpc) is 2.98. The van der Waals surface area contributed by atoms with E-state index in [2.05, 4.69) is 30.7 Å². The van der Waals surface area contributed by atoms with Crippen LogP contribution in [0.4, 0.5) is 0 Å². The molecule has 0 spiro atoms. The third-order valence-corrected chi connectivity index (χ3v) is 4.10. The Morgan fingerprint density at radius 2 is 1.75 bits per heavy atom. The van der Waals surface area contributed by atoms with Crippen LogP contribution in [0.15, 0.2) is 0 Å². The van der Waals surface area contributed by atoms with Crippen LogP contribution in [0.2, 0.25) is 0 Å². The lowest BCUT2D eigenvalue weighted by molar-refractivity contribution is -0.146. The third-order valence-electron chi connectivity index (χ3n) is 4.10. The van der Waals surface area contributed by atoms with Crippen molar-refractivity contribution < 1.29 is 9.90 Å². The van der Waals surface area contributed by atoms with Gasteiger partial charge in [0.1, 0.15) is 6.04 Å². The molecule has 0 aromatic carbocycles. The molecule has 0 bridgehead atoms. The molecular weight excluding hydrogens is 204 g/mol. The minimum atomic E-state index is -0.633. The molecule has 1 heterocycles. The summed E-state index contributed by atoms with van der Waals surface area (Å²) in [6.07, 6.45) is 2.18. The Morgan fingerprint density at radius 1 is 1.25 bits per heavy atom. The predicted molar refractivity (Wildman–Crippen MR) is 62.4 cm³/mol. The van der Waals surface area contributed by atoms with Crippen molar-refractivity contribution in [2.45, 2.75) is 44.8 Å². The zero-order chi connectivity index (χ0) is 11.9. The fourth-order valence-electron chi connectivity index (χ4n) is 2.74. The first kappa shape index (κ1) is 11.9. The van der Waals surface area contributed by atoms with E-state index in [1.807, 2.05) is 0 Å². The van der Waals surface area contributed by atoms with Gasteiger partial charge in [0.05, 0.1) is 0 Å². The standard InChI is InChI=1S/C12H22N2O2/c1-8-6-14(7-9(2)13(8)3)11(12(15)16)10-4-5-10/h8-11H,4-7H2,1-3H3,(H,15,16). The molecule has 92 valence electrons. The van der Waals surface area contributed by atoms with Crippen LogP contribution in [0.5, 0.6) is 0 Å². The number of carbonyl (C=O) groups is 1. The highest BCUT2D eigenvalue weighted by Gasteiger charge is 2.42. The first-order valence-electron chi connectivity index (χ1n) is 6.19. The highest BCUT2D eigenvalue weighted by atomic mass is 16.4. The second kappa shape index (κ2) is 4.34. The van der Waals surface area contributed by atoms with E-state index in [4.69, 9.17) is 0 Å². The van der Waals surface area contributed by atoms with Crippen LogP contribution < -0.4 is 0 Å². The van der Waals surface area contributed by atoms with Gasteiger partial charge in [-0.05, 0) is 39.7 Å². The van der Waals surface area contributed by atoms with Gasteiger partial charge in [0.25, 0.3) is 0 Å². The quantitative estimate of drug-likeness (QED) is 0.775. The number of aliphatic carboxylic acids is 1. The van der Waals surface area contributed by atoms with Crippen molar-refractivity contribution in [3.05, 3.63) is 0 Å². The van der Waals surface area contributed by atoms with Crippen LogP contribution in [0.3, 0.4) is 0 Å². The minimum Gasteiger partial charge on any atom is -0.480 e. The van der Waals surface area contributed by atoms with Crippen molar-refractivity contribution in [2.24, 2.45) is 5.92 Å². The second-order valence-corrected chi connectivity index (χ2v) is 5.44. The van der Waals surface area contributed by atoms with Crippen LogP contribution in [0.25, 0.3) is 0 Å². The highest BCUT2D eigenvalue weighted by molar-refractivity contribution is 5.74. The summed E-state index contributed by atoms with van der Waals surface area (Å²) in [4.78, 5) is 15.8. The maximum atomic E-state index is 11.3. The zero-order valence-corrected chi connectivity index (χ0v) is 10.4. The molecule has 2 aliphatic rings. The maximum Gasteiger partial charge on any atom is 0.321 e. The normalized spacial score (nSPS) is 34.9. The van der Waals surface area contributed by atoms with Gasteiger partial charge in [-0.1, -0.05) is 0 Å². The molecule has 16 heavy (non-hydrogen) atoms. The third kappa shape index (κ3) is 2.23. The fraction of sp³-hybridized carbons (Fsp3) is 0.917. The van der Waals surface area contributed by atoms with E-state index < -0.39 is 5.97 Å². The predicted octanol–water partition coefficient (Wildman–Crippen LogP) is 0.874. The second-order valence-electron chi connectivity index (χ2n) is 5.44. The first-order chi connectivity index (χ1) is 7.50. The molecule has 2 rings (SSSR count). The molecule has 1 N–H and O–H groups in total. The summed E-state index contributed by atoms with van der Waals surface area (Å²) in [6, 6.07) is 0.660. The summed E-state index contributed by atoms with van der Waals surface area (Å²) in [6.45, 7) is 6.12. The number of hydrogen-bond donors (Lipinski definition) is 1. The van der Waals surface area contributed by atoms with Gasteiger partial charge in [-0.2, -0.15) is 0 Å². The summed E-state index contributed by atoms with van der Waals surface area (Å²) in [5, 5.41) is 9.32. The van der Waals surface area contributed by atoms with Crippen molar-refractivity contribution in [2.75, 3.05) is 20.1 Å². The Kier molecular flexibility index (Phi) is 3.22. The molecule has 4 nitrogen and oxygen atoms in total. The largest absolute Gasteiger partial charge is 0.480 e. The minimum absolute atomic E-state index is 0.237. The molecule has 4 heteroatoms. The van der Waals surface area contributed by atoms with Gasteiger partial charge in [-0.25, -0.2) is 0 Å². The monoisotopic (exact) mass is 226 g/mol. The van der Waals surface area contributed by atoms with Crippen LogP contribution in [0.1, 0.15) is 26.7 Å². The summed E-state index contributed by atoms with van der Waals surface area (Å²) in [7, 11) is 2.12. The van der Waals surface area contributed by atoms with E-state index in [9.17, 15) is 9.90 Å². The number of rotatable bonds is 3. The Morgan fingerprint density at radius 3 is 2.12 bits per heavy atom. The number of hydrogen-bond acceptors (Lipinski definition) is 3. The lowest BCUT2D eigenvalue weighted by Gasteiger charge is -2.44. The van der Waals surface area contributed by atoms with Crippen molar-refractivity contribution in [3.63, 3.8) is 0 Å². The van der Waals surface area contributed by atoms with Crippen molar-refractivity contribution in [1.29, 1.82) is 0 Å². The van der Waals surface area contributed by atoms with Crippen LogP contribution in [-0.2, 0) is 4.79 Å². The van der Waals surface area contributed by atoms with E-state index in [1.54, 1.807) is 0 Å². The van der Waals surface area contributed by atoms with E-state index >= 15 is 0 Å². The average molecular weight is 226 g/mol. The Bertz CT molecular complexity index is 266. The fourth-order valence-corrected chi connectivity index (χ4v) is 2.74. The van der Waals surface area contributed by atoms with Crippen LogP contribution in [0, 0.1) is 5.92 Å². The van der Waals surface area contributed by atoms with Gasteiger partial charge < -0.3 is 5.11 Å². The molecule has 1 aliphatic carbocycles. The molecule has 0 aromatic heterocycles. The van der Waals surface area contributed by atoms with Gasteiger partial charge >= 0.3 is 5.97 Å². The van der Waals surface area contributed by atoms with Gasteiger partial charge in [0.15, 0.2) is 0 Å². The van der Waals surface area contributed by atoms with E-state index in [1.165, 1.54) is 0 Å². The highest BCUT2D eigenvalue weighted by Crippen LogP contribution is 2.36. The van der Waals surface area contributed by atoms with Gasteiger partial charge in [-0.3, -0.25) is 14.6 Å². The van der Waals surface area contributed by atoms with Gasteiger partial charge in [0.2, 0.25) is 0 Å². The van der Waals surface area contributed by atoms with Crippen molar-refractivity contribution in [1.82, 2.24) is 9.80 Å². The van der Waals surface area contributed by atoms with Crippen molar-refractivity contribution in [3.8, 4) is 0 Å². The Balaban J connectivity index is 2.05. The lowest BCUT2D eigenvalue weighted by atomic mass is 10.0. The van der Waals surface area contributed by atoms with Gasteiger partial charge in [-0.15, -0.1) is 0 Å². The molecule has 3 unspecified atom stereocenters. The van der Waals surface area contributed by atoms with Crippen molar-refractivity contribution >= 4 is 5.97 Å². The first-order valence-corrected chi connectivity index (χ1v) is 6.19. The summed E-state index contributed by atoms with van der Waals surface area (Å²) < 4.78 is 0.